The topological polar surface area (TPSA) is 117 Å². The molecule has 1 saturated carbocycles. The number of hydrogen-bond donors (Lipinski definition) is 0. The van der Waals surface area contributed by atoms with Crippen molar-refractivity contribution in [1.82, 2.24) is 33.9 Å². The first-order valence-electron chi connectivity index (χ1n) is 10.7. The molecule has 2 aromatic rings. The summed E-state index contributed by atoms with van der Waals surface area (Å²) in [5, 5.41) is 3.91. The molecule has 2 saturated heterocycles. The fraction of sp³-hybridized carbons (Fsp3) is 0.632. The third-order valence-corrected chi connectivity index (χ3v) is 8.64. The van der Waals surface area contributed by atoms with Gasteiger partial charge in [-0.05, 0) is 25.7 Å². The van der Waals surface area contributed by atoms with E-state index in [4.69, 9.17) is 0 Å². The zero-order chi connectivity index (χ0) is 21.4. The quantitative estimate of drug-likeness (QED) is 0.625. The van der Waals surface area contributed by atoms with Crippen molar-refractivity contribution >= 4 is 21.7 Å². The standard InChI is InChI=1S/C19H26N8O3S/c28-19(24-6-8-26(9-7-24)31(29,30)16-3-4-16)15-2-1-5-25(11-15)17-10-18(22-13-21-17)27-14-20-12-23-27/h10,12-16H,1-9,11H2. The molecule has 0 spiro atoms. The second kappa shape index (κ2) is 8.15. The van der Waals surface area contributed by atoms with Crippen LogP contribution in [0, 0.1) is 5.92 Å². The molecular formula is C19H26N8O3S. The Bertz CT molecular complexity index is 1030. The van der Waals surface area contributed by atoms with E-state index in [-0.39, 0.29) is 17.1 Å². The molecule has 2 aromatic heterocycles. The highest BCUT2D eigenvalue weighted by molar-refractivity contribution is 7.90. The van der Waals surface area contributed by atoms with Gasteiger partial charge in [0.25, 0.3) is 0 Å². The Balaban J connectivity index is 1.22. The molecule has 0 radical (unpaired) electrons. The van der Waals surface area contributed by atoms with Gasteiger partial charge in [-0.1, -0.05) is 0 Å². The highest BCUT2D eigenvalue weighted by Crippen LogP contribution is 2.31. The SMILES string of the molecule is O=C(C1CCCN(c2cc(-n3cncn3)ncn2)C1)N1CCN(S(=O)(=O)C2CC2)CC1. The lowest BCUT2D eigenvalue weighted by atomic mass is 9.96. The molecule has 166 valence electrons. The monoisotopic (exact) mass is 446 g/mol. The summed E-state index contributed by atoms with van der Waals surface area (Å²) in [6.45, 7) is 3.14. The van der Waals surface area contributed by atoms with Gasteiger partial charge in [0, 0.05) is 45.3 Å². The molecule has 2 aliphatic heterocycles. The van der Waals surface area contributed by atoms with Gasteiger partial charge in [0.15, 0.2) is 5.82 Å². The molecule has 0 aromatic carbocycles. The van der Waals surface area contributed by atoms with Crippen molar-refractivity contribution in [1.29, 1.82) is 0 Å². The van der Waals surface area contributed by atoms with Gasteiger partial charge in [-0.3, -0.25) is 4.79 Å². The zero-order valence-electron chi connectivity index (χ0n) is 17.2. The molecule has 1 amide bonds. The van der Waals surface area contributed by atoms with Crippen LogP contribution in [-0.4, -0.2) is 92.8 Å². The Morgan fingerprint density at radius 3 is 2.45 bits per heavy atom. The Labute approximate surface area is 181 Å². The summed E-state index contributed by atoms with van der Waals surface area (Å²) in [6.07, 6.45) is 7.79. The molecule has 5 rings (SSSR count). The normalized spacial score (nSPS) is 23.2. The van der Waals surface area contributed by atoms with Crippen LogP contribution in [0.1, 0.15) is 25.7 Å². The molecule has 31 heavy (non-hydrogen) atoms. The highest BCUT2D eigenvalue weighted by atomic mass is 32.2. The van der Waals surface area contributed by atoms with Gasteiger partial charge in [-0.2, -0.15) is 9.40 Å². The first-order chi connectivity index (χ1) is 15.0. The number of hydrogen-bond acceptors (Lipinski definition) is 8. The van der Waals surface area contributed by atoms with Gasteiger partial charge in [-0.25, -0.2) is 28.1 Å². The lowest BCUT2D eigenvalue weighted by molar-refractivity contribution is -0.137. The number of sulfonamides is 1. The van der Waals surface area contributed by atoms with Crippen LogP contribution in [0.5, 0.6) is 0 Å². The fourth-order valence-electron chi connectivity index (χ4n) is 4.35. The Morgan fingerprint density at radius 2 is 1.74 bits per heavy atom. The van der Waals surface area contributed by atoms with Gasteiger partial charge in [0.2, 0.25) is 15.9 Å². The smallest absolute Gasteiger partial charge is 0.227 e. The summed E-state index contributed by atoms with van der Waals surface area (Å²) in [7, 11) is -3.17. The molecular weight excluding hydrogens is 420 g/mol. The third-order valence-electron chi connectivity index (χ3n) is 6.24. The minimum atomic E-state index is -3.17. The second-order valence-electron chi connectivity index (χ2n) is 8.33. The Hall–Kier alpha value is -2.60. The largest absolute Gasteiger partial charge is 0.356 e. The van der Waals surface area contributed by atoms with E-state index < -0.39 is 10.0 Å². The maximum atomic E-state index is 13.2. The number of nitrogens with zero attached hydrogens (tertiary/aromatic N) is 8. The van der Waals surface area contributed by atoms with E-state index in [1.807, 2.05) is 11.0 Å². The van der Waals surface area contributed by atoms with Crippen molar-refractivity contribution in [2.75, 3.05) is 44.2 Å². The molecule has 4 heterocycles. The van der Waals surface area contributed by atoms with Crippen LogP contribution < -0.4 is 4.90 Å². The van der Waals surface area contributed by atoms with Gasteiger partial charge >= 0.3 is 0 Å². The van der Waals surface area contributed by atoms with Gasteiger partial charge < -0.3 is 9.80 Å². The molecule has 11 nitrogen and oxygen atoms in total. The van der Waals surface area contributed by atoms with Gasteiger partial charge in [-0.15, -0.1) is 0 Å². The van der Waals surface area contributed by atoms with Crippen LogP contribution in [0.2, 0.25) is 0 Å². The maximum absolute atomic E-state index is 13.2. The molecule has 1 aliphatic carbocycles. The summed E-state index contributed by atoms with van der Waals surface area (Å²) >= 11 is 0. The average molecular weight is 447 g/mol. The number of piperazine rings is 1. The van der Waals surface area contributed by atoms with Crippen molar-refractivity contribution in [2.45, 2.75) is 30.9 Å². The van der Waals surface area contributed by atoms with Crippen LogP contribution in [0.15, 0.2) is 25.0 Å². The average Bonchev–Trinajstić information content (AvgIpc) is 3.54. The zero-order valence-corrected chi connectivity index (χ0v) is 18.1. The van der Waals surface area contributed by atoms with Crippen molar-refractivity contribution in [3.05, 3.63) is 25.0 Å². The molecule has 1 unspecified atom stereocenters. The Morgan fingerprint density at radius 1 is 0.968 bits per heavy atom. The van der Waals surface area contributed by atoms with E-state index in [1.54, 1.807) is 15.3 Å². The second-order valence-corrected chi connectivity index (χ2v) is 10.5. The first kappa shape index (κ1) is 20.3. The summed E-state index contributed by atoms with van der Waals surface area (Å²) in [4.78, 5) is 29.7. The number of amides is 1. The molecule has 12 heteroatoms. The van der Waals surface area contributed by atoms with Crippen molar-refractivity contribution < 1.29 is 13.2 Å². The molecule has 0 N–H and O–H groups in total. The first-order valence-corrected chi connectivity index (χ1v) is 12.2. The molecule has 0 bridgehead atoms. The number of carbonyl (C=O) groups excluding carboxylic acids is 1. The van der Waals surface area contributed by atoms with E-state index in [9.17, 15) is 13.2 Å². The van der Waals surface area contributed by atoms with E-state index in [2.05, 4.69) is 25.0 Å². The summed E-state index contributed by atoms with van der Waals surface area (Å²) in [5.74, 6) is 1.38. The number of rotatable bonds is 5. The fourth-order valence-corrected chi connectivity index (χ4v) is 6.17. The van der Waals surface area contributed by atoms with Crippen LogP contribution in [0.3, 0.4) is 0 Å². The van der Waals surface area contributed by atoms with Gasteiger partial charge in [0.05, 0.1) is 11.2 Å². The van der Waals surface area contributed by atoms with E-state index >= 15 is 0 Å². The summed E-state index contributed by atoms with van der Waals surface area (Å²) in [6, 6.07) is 1.85. The molecule has 1 atom stereocenters. The predicted octanol–water partition coefficient (Wildman–Crippen LogP) is -0.0899. The lowest BCUT2D eigenvalue weighted by Crippen LogP contribution is -2.54. The van der Waals surface area contributed by atoms with Crippen LogP contribution in [-0.2, 0) is 14.8 Å². The van der Waals surface area contributed by atoms with Crippen molar-refractivity contribution in [2.24, 2.45) is 5.92 Å². The Kier molecular flexibility index (Phi) is 5.34. The van der Waals surface area contributed by atoms with E-state index in [0.29, 0.717) is 38.5 Å². The summed E-state index contributed by atoms with van der Waals surface area (Å²) in [5.41, 5.74) is 0. The van der Waals surface area contributed by atoms with E-state index in [1.165, 1.54) is 12.7 Å². The lowest BCUT2D eigenvalue weighted by Gasteiger charge is -2.39. The molecule has 3 fully saturated rings. The maximum Gasteiger partial charge on any atom is 0.227 e. The third kappa shape index (κ3) is 4.13. The van der Waals surface area contributed by atoms with Gasteiger partial charge in [0.1, 0.15) is 24.8 Å². The number of aromatic nitrogens is 5. The van der Waals surface area contributed by atoms with E-state index in [0.717, 1.165) is 38.0 Å². The minimum Gasteiger partial charge on any atom is -0.356 e. The van der Waals surface area contributed by atoms with Crippen LogP contribution in [0.4, 0.5) is 5.82 Å². The minimum absolute atomic E-state index is 0.110. The number of piperidine rings is 1. The molecule has 3 aliphatic rings. The van der Waals surface area contributed by atoms with Crippen LogP contribution in [0.25, 0.3) is 5.82 Å². The van der Waals surface area contributed by atoms with Crippen LogP contribution >= 0.6 is 0 Å². The van der Waals surface area contributed by atoms with Crippen molar-refractivity contribution in [3.8, 4) is 5.82 Å². The number of carbonyl (C=O) groups is 1. The highest BCUT2D eigenvalue weighted by Gasteiger charge is 2.42. The number of anilines is 1. The van der Waals surface area contributed by atoms with Crippen molar-refractivity contribution in [3.63, 3.8) is 0 Å². The predicted molar refractivity (Wildman–Crippen MR) is 112 cm³/mol. The summed E-state index contributed by atoms with van der Waals surface area (Å²) < 4.78 is 28.0.